The van der Waals surface area contributed by atoms with E-state index in [1.54, 1.807) is 0 Å². The van der Waals surface area contributed by atoms with Crippen molar-refractivity contribution in [3.63, 3.8) is 0 Å². The molecule has 1 aliphatic carbocycles. The summed E-state index contributed by atoms with van der Waals surface area (Å²) in [4.78, 5) is 24.1. The summed E-state index contributed by atoms with van der Waals surface area (Å²) in [6, 6.07) is 9.12. The maximum Gasteiger partial charge on any atom is 0.407 e. The third kappa shape index (κ3) is 5.99. The summed E-state index contributed by atoms with van der Waals surface area (Å²) >= 11 is 0. The van der Waals surface area contributed by atoms with Crippen LogP contribution in [0.4, 0.5) is 4.79 Å². The van der Waals surface area contributed by atoms with Gasteiger partial charge in [0.15, 0.2) is 11.6 Å². The number of Topliss-reactive ketones (excluding diaryl/α,β-unsaturated/α-hetero) is 1. The van der Waals surface area contributed by atoms with Crippen molar-refractivity contribution >= 4 is 11.9 Å². The van der Waals surface area contributed by atoms with Crippen LogP contribution >= 0.6 is 0 Å². The fourth-order valence-electron chi connectivity index (χ4n) is 3.61. The normalized spacial score (nSPS) is 27.4. The first-order valence-corrected chi connectivity index (χ1v) is 9.92. The van der Waals surface area contributed by atoms with E-state index in [9.17, 15) is 9.59 Å². The molecule has 1 N–H and O–H groups in total. The molecule has 2 aliphatic rings. The van der Waals surface area contributed by atoms with Crippen molar-refractivity contribution in [3.8, 4) is 0 Å². The highest BCUT2D eigenvalue weighted by atomic mass is 16.8. The Bertz CT molecular complexity index is 694. The van der Waals surface area contributed by atoms with Crippen LogP contribution in [0.3, 0.4) is 0 Å². The Labute approximate surface area is 170 Å². The van der Waals surface area contributed by atoms with Gasteiger partial charge in [-0.05, 0) is 32.8 Å². The Balaban J connectivity index is 1.54. The zero-order chi connectivity index (χ0) is 20.9. The molecule has 1 amide bonds. The average Bonchev–Trinajstić information content (AvgIpc) is 3.17. The highest BCUT2D eigenvalue weighted by Gasteiger charge is 2.55. The van der Waals surface area contributed by atoms with Crippen LogP contribution in [0, 0.1) is 0 Å². The molecule has 0 spiro atoms. The maximum absolute atomic E-state index is 12.3. The van der Waals surface area contributed by atoms with Crippen LogP contribution < -0.4 is 5.32 Å². The fourth-order valence-corrected chi connectivity index (χ4v) is 3.61. The topological polar surface area (TPSA) is 92.3 Å². The zero-order valence-corrected chi connectivity index (χ0v) is 17.1. The largest absolute Gasteiger partial charge is 0.445 e. The number of hydrogen-bond acceptors (Lipinski definition) is 7. The van der Waals surface area contributed by atoms with Crippen LogP contribution in [0.2, 0.25) is 0 Å². The van der Waals surface area contributed by atoms with E-state index in [1.807, 2.05) is 51.1 Å². The molecule has 1 saturated heterocycles. The lowest BCUT2D eigenvalue weighted by Gasteiger charge is -2.24. The van der Waals surface area contributed by atoms with Gasteiger partial charge in [-0.15, -0.1) is 0 Å². The molecule has 0 unspecified atom stereocenters. The number of fused-ring (bicyclic) bond motifs is 1. The molecular weight excluding hydrogens is 378 g/mol. The van der Waals surface area contributed by atoms with Crippen molar-refractivity contribution in [2.24, 2.45) is 0 Å². The molecule has 1 aromatic carbocycles. The maximum atomic E-state index is 12.3. The first kappa shape index (κ1) is 21.7. The van der Waals surface area contributed by atoms with Crippen molar-refractivity contribution in [1.82, 2.24) is 5.32 Å². The van der Waals surface area contributed by atoms with Crippen molar-refractivity contribution in [3.05, 3.63) is 35.9 Å². The van der Waals surface area contributed by atoms with E-state index in [2.05, 4.69) is 5.32 Å². The molecule has 3 rings (SSSR count). The number of carbonyl (C=O) groups excluding carboxylic acids is 2. The van der Waals surface area contributed by atoms with E-state index in [4.69, 9.17) is 23.7 Å². The van der Waals surface area contributed by atoms with Crippen molar-refractivity contribution in [1.29, 1.82) is 0 Å². The Morgan fingerprint density at radius 1 is 1.14 bits per heavy atom. The molecule has 0 aromatic heterocycles. The van der Waals surface area contributed by atoms with Crippen LogP contribution in [0.1, 0.15) is 32.8 Å². The van der Waals surface area contributed by atoms with Gasteiger partial charge >= 0.3 is 6.09 Å². The van der Waals surface area contributed by atoms with Gasteiger partial charge in [-0.1, -0.05) is 30.3 Å². The Kier molecular flexibility index (Phi) is 7.23. The number of benzene rings is 1. The second kappa shape index (κ2) is 9.67. The summed E-state index contributed by atoms with van der Waals surface area (Å²) in [5, 5.41) is 2.85. The second-order valence-electron chi connectivity index (χ2n) is 7.64. The Morgan fingerprint density at radius 3 is 2.59 bits per heavy atom. The van der Waals surface area contributed by atoms with Gasteiger partial charge in [-0.3, -0.25) is 4.79 Å². The lowest BCUT2D eigenvalue weighted by molar-refractivity contribution is -0.169. The molecule has 1 heterocycles. The molecule has 4 atom stereocenters. The van der Waals surface area contributed by atoms with Crippen LogP contribution in [-0.4, -0.2) is 61.8 Å². The zero-order valence-electron chi connectivity index (χ0n) is 17.1. The summed E-state index contributed by atoms with van der Waals surface area (Å²) in [5.74, 6) is -0.930. The van der Waals surface area contributed by atoms with Gasteiger partial charge in [0.25, 0.3) is 0 Å². The van der Waals surface area contributed by atoms with E-state index >= 15 is 0 Å². The van der Waals surface area contributed by atoms with Crippen LogP contribution in [-0.2, 0) is 35.1 Å². The quantitative estimate of drug-likeness (QED) is 0.671. The number of alkyl carbamates (subject to hydrolysis) is 1. The van der Waals surface area contributed by atoms with Crippen molar-refractivity contribution in [2.75, 3.05) is 19.8 Å². The lowest BCUT2D eigenvalue weighted by atomic mass is 10.2. The number of amides is 1. The number of nitrogens with one attached hydrogen (secondary N) is 1. The van der Waals surface area contributed by atoms with Gasteiger partial charge in [0.05, 0.1) is 12.1 Å². The minimum Gasteiger partial charge on any atom is -0.445 e. The standard InChI is InChI=1S/C21H29NO7/c1-4-25-12-15(23)13-26-17-10-16(18-19(17)29-21(2,3)28-18)22-20(24)27-11-14-8-6-5-7-9-14/h5-9,16-19H,4,10-13H2,1-3H3,(H,22,24)/t16-,17+,18+,19-/m1/s1. The predicted octanol–water partition coefficient (Wildman–Crippen LogP) is 2.20. The van der Waals surface area contributed by atoms with Gasteiger partial charge < -0.3 is 29.0 Å². The highest BCUT2D eigenvalue weighted by molar-refractivity contribution is 5.80. The summed E-state index contributed by atoms with van der Waals surface area (Å²) in [5.41, 5.74) is 0.905. The minimum atomic E-state index is -0.791. The van der Waals surface area contributed by atoms with Crippen molar-refractivity contribution in [2.45, 2.75) is 63.9 Å². The molecule has 29 heavy (non-hydrogen) atoms. The molecule has 0 radical (unpaired) electrons. The van der Waals surface area contributed by atoms with Crippen LogP contribution in [0.25, 0.3) is 0 Å². The Hall–Kier alpha value is -2.00. The predicted molar refractivity (Wildman–Crippen MR) is 103 cm³/mol. The van der Waals surface area contributed by atoms with Gasteiger partial charge in [-0.25, -0.2) is 4.79 Å². The summed E-state index contributed by atoms with van der Waals surface area (Å²) in [6.45, 7) is 6.07. The molecule has 1 saturated carbocycles. The van der Waals surface area contributed by atoms with E-state index in [0.717, 1.165) is 5.56 Å². The average molecular weight is 407 g/mol. The van der Waals surface area contributed by atoms with Gasteiger partial charge in [0.1, 0.15) is 32.0 Å². The molecule has 1 aliphatic heterocycles. The molecule has 8 nitrogen and oxygen atoms in total. The SMILES string of the molecule is CCOCC(=O)CO[C@H]1C[C@@H](NC(=O)OCc2ccccc2)[C@@H]2OC(C)(C)O[C@@H]21. The number of ether oxygens (including phenoxy) is 5. The monoisotopic (exact) mass is 407 g/mol. The van der Waals surface area contributed by atoms with Gasteiger partial charge in [0, 0.05) is 6.61 Å². The number of ketones is 1. The van der Waals surface area contributed by atoms with Crippen molar-refractivity contribution < 1.29 is 33.3 Å². The minimum absolute atomic E-state index is 0.0215. The first-order valence-electron chi connectivity index (χ1n) is 9.92. The van der Waals surface area contributed by atoms with Crippen LogP contribution in [0.5, 0.6) is 0 Å². The van der Waals surface area contributed by atoms with E-state index in [-0.39, 0.29) is 50.0 Å². The molecule has 160 valence electrons. The lowest BCUT2D eigenvalue weighted by Crippen LogP contribution is -2.43. The van der Waals surface area contributed by atoms with E-state index < -0.39 is 11.9 Å². The molecule has 1 aromatic rings. The summed E-state index contributed by atoms with van der Waals surface area (Å²) in [7, 11) is 0. The Morgan fingerprint density at radius 2 is 1.86 bits per heavy atom. The molecule has 0 bridgehead atoms. The number of carbonyl (C=O) groups is 2. The summed E-state index contributed by atoms with van der Waals surface area (Å²) < 4.78 is 28.1. The molecular formula is C21H29NO7. The van der Waals surface area contributed by atoms with E-state index in [0.29, 0.717) is 13.0 Å². The van der Waals surface area contributed by atoms with E-state index in [1.165, 1.54) is 0 Å². The highest BCUT2D eigenvalue weighted by Crippen LogP contribution is 2.39. The molecule has 2 fully saturated rings. The second-order valence-corrected chi connectivity index (χ2v) is 7.64. The number of rotatable bonds is 9. The number of hydrogen-bond donors (Lipinski definition) is 1. The van der Waals surface area contributed by atoms with Crippen LogP contribution in [0.15, 0.2) is 30.3 Å². The third-order valence-corrected chi connectivity index (χ3v) is 4.85. The third-order valence-electron chi connectivity index (χ3n) is 4.85. The first-order chi connectivity index (χ1) is 13.9. The van der Waals surface area contributed by atoms with Gasteiger partial charge in [0.2, 0.25) is 0 Å². The smallest absolute Gasteiger partial charge is 0.407 e. The fraction of sp³-hybridized carbons (Fsp3) is 0.619. The summed E-state index contributed by atoms with van der Waals surface area (Å²) in [6.07, 6.45) is -1.18. The molecule has 8 heteroatoms. The van der Waals surface area contributed by atoms with Gasteiger partial charge in [-0.2, -0.15) is 0 Å².